The zero-order valence-corrected chi connectivity index (χ0v) is 8.10. The molecule has 0 saturated carbocycles. The van der Waals surface area contributed by atoms with Crippen molar-refractivity contribution in [2.75, 3.05) is 0 Å². The van der Waals surface area contributed by atoms with Crippen molar-refractivity contribution in [3.05, 3.63) is 55.1 Å². The first-order valence-corrected chi connectivity index (χ1v) is 4.19. The zero-order valence-electron chi connectivity index (χ0n) is 8.10. The minimum atomic E-state index is 0.318. The van der Waals surface area contributed by atoms with Crippen molar-refractivity contribution in [2.24, 2.45) is 0 Å². The predicted octanol–water partition coefficient (Wildman–Crippen LogP) is 2.42. The van der Waals surface area contributed by atoms with Crippen LogP contribution >= 0.6 is 0 Å². The Morgan fingerprint density at radius 2 is 2.29 bits per heavy atom. The van der Waals surface area contributed by atoms with Gasteiger partial charge in [0.05, 0.1) is 0 Å². The molecule has 0 aliphatic carbocycles. The molecule has 0 aliphatic heterocycles. The number of rotatable bonds is 4. The quantitative estimate of drug-likeness (QED) is 0.537. The zero-order chi connectivity index (χ0) is 10.4. The normalized spacial score (nSPS) is 10.8. The summed E-state index contributed by atoms with van der Waals surface area (Å²) >= 11 is 0. The number of aromatic nitrogens is 2. The lowest BCUT2D eigenvalue weighted by atomic mass is 10.4. The van der Waals surface area contributed by atoms with Crippen LogP contribution < -0.4 is 4.74 Å². The first-order valence-electron chi connectivity index (χ1n) is 4.19. The molecule has 0 radical (unpaired) electrons. The summed E-state index contributed by atoms with van der Waals surface area (Å²) in [6, 6.07) is 2.12. The van der Waals surface area contributed by atoms with E-state index in [-0.39, 0.29) is 0 Å². The van der Waals surface area contributed by atoms with Gasteiger partial charge in [-0.2, -0.15) is 0 Å². The standard InChI is InChI=1S/C11H12N2O/c1-4-6-10(5-2)14-11-12-8-7-9(3)13-11/h4-8H,1-2H2,3H3/b10-6+. The van der Waals surface area contributed by atoms with Crippen LogP contribution in [0, 0.1) is 6.92 Å². The van der Waals surface area contributed by atoms with Gasteiger partial charge in [0.2, 0.25) is 0 Å². The van der Waals surface area contributed by atoms with Crippen molar-refractivity contribution < 1.29 is 4.74 Å². The maximum Gasteiger partial charge on any atom is 0.322 e. The Kier molecular flexibility index (Phi) is 3.61. The third-order valence-electron chi connectivity index (χ3n) is 1.47. The van der Waals surface area contributed by atoms with Gasteiger partial charge >= 0.3 is 6.01 Å². The summed E-state index contributed by atoms with van der Waals surface area (Å²) in [5.74, 6) is 0.575. The summed E-state index contributed by atoms with van der Waals surface area (Å²) in [6.45, 7) is 9.04. The summed E-state index contributed by atoms with van der Waals surface area (Å²) in [4.78, 5) is 8.04. The molecule has 1 rings (SSSR count). The highest BCUT2D eigenvalue weighted by atomic mass is 16.5. The molecule has 14 heavy (non-hydrogen) atoms. The number of ether oxygens (including phenoxy) is 1. The number of nitrogens with zero attached hydrogens (tertiary/aromatic N) is 2. The second-order valence-electron chi connectivity index (χ2n) is 2.59. The van der Waals surface area contributed by atoms with Crippen LogP contribution in [-0.2, 0) is 0 Å². The largest absolute Gasteiger partial charge is 0.424 e. The van der Waals surface area contributed by atoms with Crippen LogP contribution in [0.4, 0.5) is 0 Å². The van der Waals surface area contributed by atoms with Gasteiger partial charge in [0.25, 0.3) is 0 Å². The molecule has 0 amide bonds. The van der Waals surface area contributed by atoms with E-state index < -0.39 is 0 Å². The van der Waals surface area contributed by atoms with E-state index >= 15 is 0 Å². The summed E-state index contributed by atoms with van der Waals surface area (Å²) in [7, 11) is 0. The molecule has 3 heteroatoms. The van der Waals surface area contributed by atoms with E-state index in [1.165, 1.54) is 0 Å². The molecule has 0 unspecified atom stereocenters. The first-order chi connectivity index (χ1) is 6.76. The number of allylic oxidation sites excluding steroid dienone is 3. The molecular weight excluding hydrogens is 176 g/mol. The van der Waals surface area contributed by atoms with Crippen LogP contribution in [0.3, 0.4) is 0 Å². The van der Waals surface area contributed by atoms with E-state index in [4.69, 9.17) is 4.74 Å². The van der Waals surface area contributed by atoms with Crippen molar-refractivity contribution >= 4 is 0 Å². The number of hydrogen-bond acceptors (Lipinski definition) is 3. The predicted molar refractivity (Wildman–Crippen MR) is 55.9 cm³/mol. The van der Waals surface area contributed by atoms with Gasteiger partial charge in [-0.1, -0.05) is 19.2 Å². The van der Waals surface area contributed by atoms with Crippen LogP contribution in [0.1, 0.15) is 5.69 Å². The Bertz CT molecular complexity index is 369. The molecule has 0 bridgehead atoms. The van der Waals surface area contributed by atoms with Gasteiger partial charge in [0.1, 0.15) is 5.76 Å². The minimum Gasteiger partial charge on any atom is -0.424 e. The summed E-state index contributed by atoms with van der Waals surface area (Å²) < 4.78 is 5.33. The van der Waals surface area contributed by atoms with Gasteiger partial charge in [-0.15, -0.1) is 0 Å². The van der Waals surface area contributed by atoms with E-state index in [1.807, 2.05) is 6.92 Å². The van der Waals surface area contributed by atoms with Gasteiger partial charge < -0.3 is 4.74 Å². The fraction of sp³-hybridized carbons (Fsp3) is 0.0909. The molecule has 0 atom stereocenters. The van der Waals surface area contributed by atoms with E-state index in [0.717, 1.165) is 5.69 Å². The molecule has 1 aromatic rings. The second kappa shape index (κ2) is 4.97. The van der Waals surface area contributed by atoms with Crippen molar-refractivity contribution in [3.63, 3.8) is 0 Å². The van der Waals surface area contributed by atoms with Gasteiger partial charge in [0, 0.05) is 11.9 Å². The maximum atomic E-state index is 5.33. The monoisotopic (exact) mass is 188 g/mol. The Morgan fingerprint density at radius 1 is 1.50 bits per heavy atom. The van der Waals surface area contributed by atoms with Crippen LogP contribution in [0.2, 0.25) is 0 Å². The summed E-state index contributed by atoms with van der Waals surface area (Å²) in [5, 5.41) is 0. The summed E-state index contributed by atoms with van der Waals surface area (Å²) in [6.07, 6.45) is 6.53. The van der Waals surface area contributed by atoms with Crippen molar-refractivity contribution in [1.82, 2.24) is 9.97 Å². The highest BCUT2D eigenvalue weighted by molar-refractivity contribution is 5.18. The second-order valence-corrected chi connectivity index (χ2v) is 2.59. The molecule has 72 valence electrons. The van der Waals surface area contributed by atoms with Crippen LogP contribution in [0.25, 0.3) is 0 Å². The molecule has 3 nitrogen and oxygen atoms in total. The lowest BCUT2D eigenvalue weighted by Gasteiger charge is -2.03. The Balaban J connectivity index is 2.82. The van der Waals surface area contributed by atoms with Gasteiger partial charge in [-0.3, -0.25) is 0 Å². The Labute approximate surface area is 83.5 Å². The fourth-order valence-electron chi connectivity index (χ4n) is 0.840. The molecule has 0 N–H and O–H groups in total. The van der Waals surface area contributed by atoms with E-state index in [9.17, 15) is 0 Å². The lowest BCUT2D eigenvalue weighted by Crippen LogP contribution is -1.97. The maximum absolute atomic E-state index is 5.33. The molecule has 1 aromatic heterocycles. The SMILES string of the molecule is C=C/C=C(\C=C)Oc1nccc(C)n1. The molecular formula is C11H12N2O. The van der Waals surface area contributed by atoms with Crippen molar-refractivity contribution in [1.29, 1.82) is 0 Å². The van der Waals surface area contributed by atoms with E-state index in [2.05, 4.69) is 23.1 Å². The smallest absolute Gasteiger partial charge is 0.322 e. The molecule has 0 spiro atoms. The van der Waals surface area contributed by atoms with Crippen LogP contribution in [-0.4, -0.2) is 9.97 Å². The highest BCUT2D eigenvalue weighted by Crippen LogP contribution is 2.07. The average Bonchev–Trinajstić information content (AvgIpc) is 2.17. The molecule has 1 heterocycles. The topological polar surface area (TPSA) is 35.0 Å². The molecule has 0 saturated heterocycles. The van der Waals surface area contributed by atoms with Crippen molar-refractivity contribution in [2.45, 2.75) is 6.92 Å². The van der Waals surface area contributed by atoms with Crippen LogP contribution in [0.5, 0.6) is 6.01 Å². The van der Waals surface area contributed by atoms with Gasteiger partial charge in [-0.25, -0.2) is 9.97 Å². The number of hydrogen-bond donors (Lipinski definition) is 0. The van der Waals surface area contributed by atoms with Crippen LogP contribution in [0.15, 0.2) is 49.4 Å². The molecule has 0 aliphatic rings. The third kappa shape index (κ3) is 2.86. The Hall–Kier alpha value is -1.90. The number of aryl methyl sites for hydroxylation is 1. The van der Waals surface area contributed by atoms with Crippen molar-refractivity contribution in [3.8, 4) is 6.01 Å². The minimum absolute atomic E-state index is 0.318. The van der Waals surface area contributed by atoms with E-state index in [0.29, 0.717) is 11.8 Å². The van der Waals surface area contributed by atoms with Gasteiger partial charge in [-0.05, 0) is 25.1 Å². The molecule has 0 fully saturated rings. The Morgan fingerprint density at radius 3 is 2.86 bits per heavy atom. The first kappa shape index (κ1) is 10.2. The molecule has 0 aromatic carbocycles. The van der Waals surface area contributed by atoms with E-state index in [1.54, 1.807) is 30.5 Å². The summed E-state index contributed by atoms with van der Waals surface area (Å²) in [5.41, 5.74) is 0.858. The highest BCUT2D eigenvalue weighted by Gasteiger charge is 1.98. The third-order valence-corrected chi connectivity index (χ3v) is 1.47. The lowest BCUT2D eigenvalue weighted by molar-refractivity contribution is 0.406. The van der Waals surface area contributed by atoms with Gasteiger partial charge in [0.15, 0.2) is 0 Å². The fourth-order valence-corrected chi connectivity index (χ4v) is 0.840. The average molecular weight is 188 g/mol.